The smallest absolute Gasteiger partial charge is 0.232 e. The van der Waals surface area contributed by atoms with Crippen molar-refractivity contribution >= 4 is 17.7 Å². The Balaban J connectivity index is 1.82. The standard InChI is InChI=1S/C18H27FN2OS/c1-18(2,3)23-14-17(22)21-10-4-9-20(11-12-21)13-15-5-7-16(19)8-6-15/h5-8H,4,9-14H2,1-3H3. The van der Waals surface area contributed by atoms with Gasteiger partial charge in [-0.25, -0.2) is 4.39 Å². The molecule has 0 spiro atoms. The van der Waals surface area contributed by atoms with Crippen LogP contribution in [0.15, 0.2) is 24.3 Å². The third-order valence-corrected chi connectivity index (χ3v) is 5.15. The van der Waals surface area contributed by atoms with Gasteiger partial charge in [0.15, 0.2) is 0 Å². The second-order valence-corrected chi connectivity index (χ2v) is 8.84. The van der Waals surface area contributed by atoms with Crippen LogP contribution in [0.1, 0.15) is 32.8 Å². The van der Waals surface area contributed by atoms with Crippen molar-refractivity contribution in [3.05, 3.63) is 35.6 Å². The number of halogens is 1. The zero-order valence-electron chi connectivity index (χ0n) is 14.3. The Labute approximate surface area is 143 Å². The first-order valence-electron chi connectivity index (χ1n) is 8.22. The van der Waals surface area contributed by atoms with Gasteiger partial charge in [-0.15, -0.1) is 11.8 Å². The lowest BCUT2D eigenvalue weighted by molar-refractivity contribution is -0.128. The summed E-state index contributed by atoms with van der Waals surface area (Å²) in [5, 5.41) is 0. The van der Waals surface area contributed by atoms with Gasteiger partial charge in [0.2, 0.25) is 5.91 Å². The normalized spacial score (nSPS) is 17.1. The Bertz CT molecular complexity index is 513. The molecule has 23 heavy (non-hydrogen) atoms. The third-order valence-electron chi connectivity index (χ3n) is 3.89. The van der Waals surface area contributed by atoms with Gasteiger partial charge in [-0.1, -0.05) is 32.9 Å². The minimum atomic E-state index is -0.197. The SMILES string of the molecule is CC(C)(C)SCC(=O)N1CCCN(Cc2ccc(F)cc2)CC1. The van der Waals surface area contributed by atoms with Crippen LogP contribution < -0.4 is 0 Å². The van der Waals surface area contributed by atoms with E-state index in [1.807, 2.05) is 17.0 Å². The molecule has 1 aliphatic rings. The molecule has 1 aromatic rings. The Morgan fingerprint density at radius 2 is 1.83 bits per heavy atom. The van der Waals surface area contributed by atoms with E-state index in [-0.39, 0.29) is 16.5 Å². The van der Waals surface area contributed by atoms with E-state index in [0.717, 1.165) is 44.7 Å². The van der Waals surface area contributed by atoms with Crippen molar-refractivity contribution < 1.29 is 9.18 Å². The van der Waals surface area contributed by atoms with E-state index in [0.29, 0.717) is 5.75 Å². The molecule has 2 rings (SSSR count). The molecule has 1 amide bonds. The van der Waals surface area contributed by atoms with Crippen LogP contribution in [0.25, 0.3) is 0 Å². The lowest BCUT2D eigenvalue weighted by Gasteiger charge is -2.24. The van der Waals surface area contributed by atoms with Crippen LogP contribution in [0.2, 0.25) is 0 Å². The van der Waals surface area contributed by atoms with Gasteiger partial charge in [0, 0.05) is 37.5 Å². The maximum absolute atomic E-state index is 13.0. The van der Waals surface area contributed by atoms with E-state index in [1.165, 1.54) is 12.1 Å². The molecule has 1 aliphatic heterocycles. The quantitative estimate of drug-likeness (QED) is 0.841. The first-order valence-corrected chi connectivity index (χ1v) is 9.20. The van der Waals surface area contributed by atoms with Gasteiger partial charge >= 0.3 is 0 Å². The fraction of sp³-hybridized carbons (Fsp3) is 0.611. The summed E-state index contributed by atoms with van der Waals surface area (Å²) in [6.45, 7) is 10.7. The van der Waals surface area contributed by atoms with Crippen molar-refractivity contribution in [2.24, 2.45) is 0 Å². The second kappa shape index (κ2) is 8.15. The summed E-state index contributed by atoms with van der Waals surface area (Å²) in [6, 6.07) is 6.69. The average Bonchev–Trinajstić information content (AvgIpc) is 2.72. The molecule has 3 nitrogen and oxygen atoms in total. The fourth-order valence-electron chi connectivity index (χ4n) is 2.60. The largest absolute Gasteiger partial charge is 0.341 e. The summed E-state index contributed by atoms with van der Waals surface area (Å²) in [5.74, 6) is 0.605. The molecule has 0 saturated carbocycles. The lowest BCUT2D eigenvalue weighted by atomic mass is 10.2. The fourth-order valence-corrected chi connectivity index (χ4v) is 3.34. The van der Waals surface area contributed by atoms with Crippen LogP contribution in [-0.4, -0.2) is 52.4 Å². The van der Waals surface area contributed by atoms with Gasteiger partial charge in [-0.05, 0) is 24.1 Å². The Morgan fingerprint density at radius 1 is 1.13 bits per heavy atom. The highest BCUT2D eigenvalue weighted by atomic mass is 32.2. The van der Waals surface area contributed by atoms with Crippen LogP contribution >= 0.6 is 11.8 Å². The molecular formula is C18H27FN2OS. The molecule has 1 aromatic carbocycles. The van der Waals surface area contributed by atoms with Gasteiger partial charge in [0.1, 0.15) is 5.82 Å². The van der Waals surface area contributed by atoms with Gasteiger partial charge in [-0.2, -0.15) is 0 Å². The van der Waals surface area contributed by atoms with Gasteiger partial charge in [0.05, 0.1) is 5.75 Å². The lowest BCUT2D eigenvalue weighted by Crippen LogP contribution is -2.36. The topological polar surface area (TPSA) is 23.6 Å². The van der Waals surface area contributed by atoms with Crippen molar-refractivity contribution in [3.63, 3.8) is 0 Å². The maximum Gasteiger partial charge on any atom is 0.232 e. The number of rotatable bonds is 4. The minimum absolute atomic E-state index is 0.121. The van der Waals surface area contributed by atoms with E-state index < -0.39 is 0 Å². The maximum atomic E-state index is 13.0. The van der Waals surface area contributed by atoms with Crippen molar-refractivity contribution in [3.8, 4) is 0 Å². The average molecular weight is 338 g/mol. The molecule has 0 aliphatic carbocycles. The minimum Gasteiger partial charge on any atom is -0.341 e. The molecule has 0 radical (unpaired) electrons. The molecule has 0 bridgehead atoms. The highest BCUT2D eigenvalue weighted by molar-refractivity contribution is 8.01. The predicted molar refractivity (Wildman–Crippen MR) is 95.1 cm³/mol. The molecule has 1 saturated heterocycles. The Kier molecular flexibility index (Phi) is 6.48. The van der Waals surface area contributed by atoms with Crippen molar-refractivity contribution in [1.29, 1.82) is 0 Å². The number of nitrogens with zero attached hydrogens (tertiary/aromatic N) is 2. The Morgan fingerprint density at radius 3 is 2.48 bits per heavy atom. The number of hydrogen-bond acceptors (Lipinski definition) is 3. The first kappa shape index (κ1) is 18.3. The summed E-state index contributed by atoms with van der Waals surface area (Å²) in [7, 11) is 0. The molecule has 0 aromatic heterocycles. The summed E-state index contributed by atoms with van der Waals surface area (Å²) < 4.78 is 13.1. The Hall–Kier alpha value is -1.07. The summed E-state index contributed by atoms with van der Waals surface area (Å²) in [6.07, 6.45) is 0.993. The molecule has 0 N–H and O–H groups in total. The number of thioether (sulfide) groups is 1. The third kappa shape index (κ3) is 6.51. The van der Waals surface area contributed by atoms with Crippen LogP contribution in [0, 0.1) is 5.82 Å². The monoisotopic (exact) mass is 338 g/mol. The van der Waals surface area contributed by atoms with E-state index >= 15 is 0 Å². The van der Waals surface area contributed by atoms with Crippen molar-refractivity contribution in [2.45, 2.75) is 38.5 Å². The van der Waals surface area contributed by atoms with Gasteiger partial charge in [-0.3, -0.25) is 9.69 Å². The summed E-state index contributed by atoms with van der Waals surface area (Å²) in [4.78, 5) is 16.7. The van der Waals surface area contributed by atoms with Crippen molar-refractivity contribution in [1.82, 2.24) is 9.80 Å². The summed E-state index contributed by atoms with van der Waals surface area (Å²) in [5.41, 5.74) is 1.12. The molecule has 1 heterocycles. The molecular weight excluding hydrogens is 311 g/mol. The van der Waals surface area contributed by atoms with E-state index in [2.05, 4.69) is 25.7 Å². The number of hydrogen-bond donors (Lipinski definition) is 0. The van der Waals surface area contributed by atoms with E-state index in [4.69, 9.17) is 0 Å². The predicted octanol–water partition coefficient (Wildman–Crippen LogP) is 3.39. The van der Waals surface area contributed by atoms with Crippen LogP contribution in [0.3, 0.4) is 0 Å². The highest BCUT2D eigenvalue weighted by Crippen LogP contribution is 2.23. The zero-order valence-corrected chi connectivity index (χ0v) is 15.2. The number of amides is 1. The molecule has 5 heteroatoms. The van der Waals surface area contributed by atoms with Gasteiger partial charge in [0.25, 0.3) is 0 Å². The summed E-state index contributed by atoms with van der Waals surface area (Å²) >= 11 is 1.71. The van der Waals surface area contributed by atoms with Crippen LogP contribution in [0.4, 0.5) is 4.39 Å². The molecule has 0 unspecified atom stereocenters. The van der Waals surface area contributed by atoms with E-state index in [9.17, 15) is 9.18 Å². The molecule has 0 atom stereocenters. The number of carbonyl (C=O) groups is 1. The van der Waals surface area contributed by atoms with Crippen LogP contribution in [0.5, 0.6) is 0 Å². The molecule has 1 fully saturated rings. The first-order chi connectivity index (χ1) is 10.8. The molecule has 128 valence electrons. The highest BCUT2D eigenvalue weighted by Gasteiger charge is 2.21. The van der Waals surface area contributed by atoms with Crippen LogP contribution in [-0.2, 0) is 11.3 Å². The van der Waals surface area contributed by atoms with Crippen molar-refractivity contribution in [2.75, 3.05) is 31.9 Å². The van der Waals surface area contributed by atoms with Gasteiger partial charge < -0.3 is 4.90 Å². The number of benzene rings is 1. The second-order valence-electron chi connectivity index (χ2n) is 7.04. The van der Waals surface area contributed by atoms with E-state index in [1.54, 1.807) is 11.8 Å². The number of carbonyl (C=O) groups excluding carboxylic acids is 1. The zero-order chi connectivity index (χ0) is 16.9.